The van der Waals surface area contributed by atoms with Crippen molar-refractivity contribution in [1.82, 2.24) is 9.97 Å². The van der Waals surface area contributed by atoms with Crippen molar-refractivity contribution in [1.29, 1.82) is 5.26 Å². The van der Waals surface area contributed by atoms with Crippen LogP contribution in [0, 0.1) is 18.3 Å². The fraction of sp³-hybridized carbons (Fsp3) is 0.438. The van der Waals surface area contributed by atoms with E-state index in [9.17, 15) is 0 Å². The molecule has 2 aromatic rings. The average molecular weight is 296 g/mol. The van der Waals surface area contributed by atoms with Crippen LogP contribution in [-0.2, 0) is 13.0 Å². The minimum atomic E-state index is 0.628. The van der Waals surface area contributed by atoms with Gasteiger partial charge in [-0.3, -0.25) is 0 Å². The Morgan fingerprint density at radius 2 is 2.29 bits per heavy atom. The lowest BCUT2D eigenvalue weighted by Crippen LogP contribution is -2.31. The van der Waals surface area contributed by atoms with Crippen LogP contribution in [0.3, 0.4) is 0 Å². The van der Waals surface area contributed by atoms with Crippen LogP contribution in [0.1, 0.15) is 45.5 Å². The number of nitrogens with zero attached hydrogens (tertiary/aromatic N) is 4. The van der Waals surface area contributed by atoms with Gasteiger partial charge in [0.1, 0.15) is 11.9 Å². The third-order valence-electron chi connectivity index (χ3n) is 4.15. The number of rotatable bonds is 2. The zero-order valence-corrected chi connectivity index (χ0v) is 12.8. The van der Waals surface area contributed by atoms with Gasteiger partial charge in [0.05, 0.1) is 22.8 Å². The zero-order chi connectivity index (χ0) is 14.4. The first kappa shape index (κ1) is 12.8. The smallest absolute Gasteiger partial charge is 0.131 e. The average Bonchev–Trinajstić information content (AvgIpc) is 3.26. The molecule has 106 valence electrons. The third kappa shape index (κ3) is 2.30. The molecule has 3 heterocycles. The summed E-state index contributed by atoms with van der Waals surface area (Å²) in [5.74, 6) is 1.74. The van der Waals surface area contributed by atoms with Crippen molar-refractivity contribution in [3.05, 3.63) is 39.0 Å². The summed E-state index contributed by atoms with van der Waals surface area (Å²) in [6.45, 7) is 3.89. The number of fused-ring (bicyclic) bond motifs is 1. The molecule has 21 heavy (non-hydrogen) atoms. The second-order valence-corrected chi connectivity index (χ2v) is 6.96. The number of hydrogen-bond acceptors (Lipinski definition) is 5. The summed E-state index contributed by atoms with van der Waals surface area (Å²) in [5, 5.41) is 10.3. The molecule has 1 saturated carbocycles. The van der Waals surface area contributed by atoms with Crippen molar-refractivity contribution in [2.45, 2.75) is 38.6 Å². The first-order valence-corrected chi connectivity index (χ1v) is 8.16. The number of nitriles is 1. The molecule has 2 aromatic heterocycles. The van der Waals surface area contributed by atoms with Gasteiger partial charge in [-0.2, -0.15) is 5.26 Å². The van der Waals surface area contributed by atoms with Crippen LogP contribution in [0.2, 0.25) is 0 Å². The van der Waals surface area contributed by atoms with Gasteiger partial charge in [-0.1, -0.05) is 0 Å². The van der Waals surface area contributed by atoms with E-state index in [4.69, 9.17) is 10.2 Å². The monoisotopic (exact) mass is 296 g/mol. The lowest BCUT2D eigenvalue weighted by molar-refractivity contribution is 0.714. The molecule has 4 rings (SSSR count). The standard InChI is InChI=1S/C16H16N4S/c1-10-6-11(7-17)8-18-15(10)20-5-4-13-14(9-20)21-16(19-13)12-2-3-12/h6,8,12H,2-5,9H2,1H3. The van der Waals surface area contributed by atoms with Gasteiger partial charge >= 0.3 is 0 Å². The highest BCUT2D eigenvalue weighted by Gasteiger charge is 2.30. The molecule has 0 N–H and O–H groups in total. The van der Waals surface area contributed by atoms with E-state index in [1.165, 1.54) is 28.4 Å². The highest BCUT2D eigenvalue weighted by Crippen LogP contribution is 2.43. The Morgan fingerprint density at radius 3 is 3.00 bits per heavy atom. The van der Waals surface area contributed by atoms with Crippen LogP contribution >= 0.6 is 11.3 Å². The molecule has 4 nitrogen and oxygen atoms in total. The van der Waals surface area contributed by atoms with E-state index in [0.29, 0.717) is 5.56 Å². The van der Waals surface area contributed by atoms with Crippen LogP contribution in [0.5, 0.6) is 0 Å². The molecule has 0 amide bonds. The molecular formula is C16H16N4S. The molecule has 1 aliphatic carbocycles. The van der Waals surface area contributed by atoms with Crippen molar-refractivity contribution in [3.8, 4) is 6.07 Å². The Balaban J connectivity index is 1.61. The van der Waals surface area contributed by atoms with E-state index in [1.54, 1.807) is 6.20 Å². The maximum absolute atomic E-state index is 8.94. The number of thiazole rings is 1. The van der Waals surface area contributed by atoms with Crippen molar-refractivity contribution < 1.29 is 0 Å². The molecule has 0 unspecified atom stereocenters. The van der Waals surface area contributed by atoms with Crippen molar-refractivity contribution in [2.75, 3.05) is 11.4 Å². The van der Waals surface area contributed by atoms with Gasteiger partial charge in [0.2, 0.25) is 0 Å². The molecule has 1 aliphatic heterocycles. The minimum absolute atomic E-state index is 0.628. The highest BCUT2D eigenvalue weighted by molar-refractivity contribution is 7.11. The molecule has 2 aliphatic rings. The molecule has 0 atom stereocenters. The predicted octanol–water partition coefficient (Wildman–Crippen LogP) is 3.16. The summed E-state index contributed by atoms with van der Waals surface area (Å²) in [7, 11) is 0. The number of aryl methyl sites for hydroxylation is 1. The fourth-order valence-corrected chi connectivity index (χ4v) is 4.16. The number of anilines is 1. The number of aromatic nitrogens is 2. The van der Waals surface area contributed by atoms with Gasteiger partial charge in [0.15, 0.2) is 0 Å². The van der Waals surface area contributed by atoms with E-state index in [2.05, 4.69) is 16.0 Å². The maximum Gasteiger partial charge on any atom is 0.131 e. The van der Waals surface area contributed by atoms with Crippen LogP contribution in [0.15, 0.2) is 12.3 Å². The summed E-state index contributed by atoms with van der Waals surface area (Å²) in [4.78, 5) is 13.0. The zero-order valence-electron chi connectivity index (χ0n) is 12.0. The number of hydrogen-bond donors (Lipinski definition) is 0. The lowest BCUT2D eigenvalue weighted by Gasteiger charge is -2.28. The van der Waals surface area contributed by atoms with Gasteiger partial charge < -0.3 is 4.90 Å². The van der Waals surface area contributed by atoms with Crippen LogP contribution in [0.25, 0.3) is 0 Å². The quantitative estimate of drug-likeness (QED) is 0.854. The lowest BCUT2D eigenvalue weighted by atomic mass is 10.1. The fourth-order valence-electron chi connectivity index (χ4n) is 2.86. The Hall–Kier alpha value is -1.93. The third-order valence-corrected chi connectivity index (χ3v) is 5.40. The first-order chi connectivity index (χ1) is 10.2. The Bertz CT molecular complexity index is 739. The largest absolute Gasteiger partial charge is 0.351 e. The maximum atomic E-state index is 8.94. The van der Waals surface area contributed by atoms with Crippen molar-refractivity contribution in [2.24, 2.45) is 0 Å². The van der Waals surface area contributed by atoms with Crippen LogP contribution in [-0.4, -0.2) is 16.5 Å². The summed E-state index contributed by atoms with van der Waals surface area (Å²) < 4.78 is 0. The Kier molecular flexibility index (Phi) is 2.93. The van der Waals surface area contributed by atoms with Crippen LogP contribution in [0.4, 0.5) is 5.82 Å². The van der Waals surface area contributed by atoms with Gasteiger partial charge in [-0.15, -0.1) is 11.3 Å². The van der Waals surface area contributed by atoms with Crippen molar-refractivity contribution >= 4 is 17.2 Å². The second kappa shape index (κ2) is 4.81. The second-order valence-electron chi connectivity index (χ2n) is 5.84. The molecule has 5 heteroatoms. The summed E-state index contributed by atoms with van der Waals surface area (Å²) in [6, 6.07) is 4.06. The molecular weight excluding hydrogens is 280 g/mol. The summed E-state index contributed by atoms with van der Waals surface area (Å²) in [6.07, 6.45) is 5.29. The van der Waals surface area contributed by atoms with E-state index in [1.807, 2.05) is 24.3 Å². The molecule has 0 radical (unpaired) electrons. The van der Waals surface area contributed by atoms with E-state index >= 15 is 0 Å². The Labute approximate surface area is 128 Å². The minimum Gasteiger partial charge on any atom is -0.351 e. The summed E-state index contributed by atoms with van der Waals surface area (Å²) >= 11 is 1.88. The van der Waals surface area contributed by atoms with Gasteiger partial charge in [0.25, 0.3) is 0 Å². The van der Waals surface area contributed by atoms with Crippen molar-refractivity contribution in [3.63, 3.8) is 0 Å². The molecule has 0 spiro atoms. The van der Waals surface area contributed by atoms with Gasteiger partial charge in [0, 0.05) is 30.0 Å². The van der Waals surface area contributed by atoms with E-state index in [-0.39, 0.29) is 0 Å². The first-order valence-electron chi connectivity index (χ1n) is 7.35. The van der Waals surface area contributed by atoms with Gasteiger partial charge in [-0.05, 0) is 31.4 Å². The highest BCUT2D eigenvalue weighted by atomic mass is 32.1. The molecule has 0 bridgehead atoms. The van der Waals surface area contributed by atoms with Gasteiger partial charge in [-0.25, -0.2) is 9.97 Å². The molecule has 0 aromatic carbocycles. The molecule has 1 fully saturated rings. The van der Waals surface area contributed by atoms with E-state index in [0.717, 1.165) is 36.8 Å². The predicted molar refractivity (Wildman–Crippen MR) is 82.5 cm³/mol. The van der Waals surface area contributed by atoms with Crippen LogP contribution < -0.4 is 4.90 Å². The Morgan fingerprint density at radius 1 is 1.43 bits per heavy atom. The summed E-state index contributed by atoms with van der Waals surface area (Å²) in [5.41, 5.74) is 3.00. The SMILES string of the molecule is Cc1cc(C#N)cnc1N1CCc2nc(C3CC3)sc2C1. The van der Waals surface area contributed by atoms with E-state index < -0.39 is 0 Å². The normalized spacial score (nSPS) is 17.4. The molecule has 0 saturated heterocycles. The number of pyridine rings is 1. The topological polar surface area (TPSA) is 52.8 Å².